The molecule has 0 spiro atoms. The van der Waals surface area contributed by atoms with Crippen molar-refractivity contribution in [3.8, 4) is 0 Å². The van der Waals surface area contributed by atoms with E-state index in [1.807, 2.05) is 0 Å². The van der Waals surface area contributed by atoms with Crippen molar-refractivity contribution < 1.29 is 4.79 Å². The van der Waals surface area contributed by atoms with Crippen molar-refractivity contribution in [1.29, 1.82) is 0 Å². The first-order valence-electron chi connectivity index (χ1n) is 5.82. The van der Waals surface area contributed by atoms with E-state index in [0.29, 0.717) is 11.3 Å². The van der Waals surface area contributed by atoms with Gasteiger partial charge in [0.25, 0.3) is 0 Å². The van der Waals surface area contributed by atoms with Gasteiger partial charge in [-0.05, 0) is 44.4 Å². The molecule has 3 N–H and O–H groups in total. The number of nitrogens with one attached hydrogen (secondary N) is 1. The molecule has 1 aliphatic carbocycles. The molecule has 0 saturated heterocycles. The van der Waals surface area contributed by atoms with Crippen molar-refractivity contribution in [2.45, 2.75) is 52.5 Å². The molecule has 0 unspecified atom stereocenters. The average Bonchev–Trinajstić information content (AvgIpc) is 2.78. The molecule has 0 radical (unpaired) electrons. The summed E-state index contributed by atoms with van der Waals surface area (Å²) in [5, 5.41) is 2.97. The predicted molar refractivity (Wildman–Crippen MR) is 62.4 cm³/mol. The SMILES string of the molecule is CC(C)CC1(CNC(=O)C(C)(C)N)CC1. The number of hydrogen-bond donors (Lipinski definition) is 2. The van der Waals surface area contributed by atoms with Crippen molar-refractivity contribution in [2.75, 3.05) is 6.54 Å². The molecule has 1 fully saturated rings. The third kappa shape index (κ3) is 3.82. The van der Waals surface area contributed by atoms with Crippen molar-refractivity contribution >= 4 is 5.91 Å². The molecule has 0 atom stereocenters. The Kier molecular flexibility index (Phi) is 3.44. The van der Waals surface area contributed by atoms with E-state index in [9.17, 15) is 4.79 Å². The second-order valence-electron chi connectivity index (χ2n) is 6.00. The second kappa shape index (κ2) is 4.12. The van der Waals surface area contributed by atoms with Gasteiger partial charge >= 0.3 is 0 Å². The fraction of sp³-hybridized carbons (Fsp3) is 0.917. The van der Waals surface area contributed by atoms with Gasteiger partial charge in [-0.3, -0.25) is 4.79 Å². The van der Waals surface area contributed by atoms with Gasteiger partial charge in [0.1, 0.15) is 0 Å². The quantitative estimate of drug-likeness (QED) is 0.728. The summed E-state index contributed by atoms with van der Waals surface area (Å²) >= 11 is 0. The van der Waals surface area contributed by atoms with Gasteiger partial charge in [-0.25, -0.2) is 0 Å². The number of hydrogen-bond acceptors (Lipinski definition) is 2. The van der Waals surface area contributed by atoms with E-state index in [2.05, 4.69) is 19.2 Å². The van der Waals surface area contributed by atoms with Crippen LogP contribution in [-0.4, -0.2) is 18.0 Å². The molecule has 0 aromatic rings. The van der Waals surface area contributed by atoms with Crippen molar-refractivity contribution in [1.82, 2.24) is 5.32 Å². The summed E-state index contributed by atoms with van der Waals surface area (Å²) in [7, 11) is 0. The summed E-state index contributed by atoms with van der Waals surface area (Å²) < 4.78 is 0. The summed E-state index contributed by atoms with van der Waals surface area (Å²) in [4.78, 5) is 11.6. The molecule has 1 rings (SSSR count). The monoisotopic (exact) mass is 212 g/mol. The summed E-state index contributed by atoms with van der Waals surface area (Å²) in [6.07, 6.45) is 3.70. The Labute approximate surface area is 92.8 Å². The average molecular weight is 212 g/mol. The minimum Gasteiger partial charge on any atom is -0.354 e. The van der Waals surface area contributed by atoms with Crippen LogP contribution in [0.25, 0.3) is 0 Å². The van der Waals surface area contributed by atoms with Crippen LogP contribution < -0.4 is 11.1 Å². The summed E-state index contributed by atoms with van der Waals surface area (Å²) in [6.45, 7) is 8.74. The zero-order valence-corrected chi connectivity index (χ0v) is 10.4. The van der Waals surface area contributed by atoms with Crippen LogP contribution in [0.3, 0.4) is 0 Å². The lowest BCUT2D eigenvalue weighted by Gasteiger charge is -2.22. The highest BCUT2D eigenvalue weighted by atomic mass is 16.2. The van der Waals surface area contributed by atoms with Crippen molar-refractivity contribution in [2.24, 2.45) is 17.1 Å². The highest BCUT2D eigenvalue weighted by Gasteiger charge is 2.43. The van der Waals surface area contributed by atoms with Crippen molar-refractivity contribution in [3.05, 3.63) is 0 Å². The third-order valence-electron chi connectivity index (χ3n) is 3.01. The molecular weight excluding hydrogens is 188 g/mol. The fourth-order valence-electron chi connectivity index (χ4n) is 1.99. The maximum Gasteiger partial charge on any atom is 0.239 e. The highest BCUT2D eigenvalue weighted by Crippen LogP contribution is 2.49. The maximum absolute atomic E-state index is 11.6. The maximum atomic E-state index is 11.6. The van der Waals surface area contributed by atoms with Gasteiger partial charge in [0.15, 0.2) is 0 Å². The van der Waals surface area contributed by atoms with Gasteiger partial charge < -0.3 is 11.1 Å². The van der Waals surface area contributed by atoms with E-state index in [4.69, 9.17) is 5.73 Å². The van der Waals surface area contributed by atoms with Crippen LogP contribution in [0.2, 0.25) is 0 Å². The van der Waals surface area contributed by atoms with Crippen LogP contribution in [0.15, 0.2) is 0 Å². The molecule has 15 heavy (non-hydrogen) atoms. The molecule has 3 heteroatoms. The Balaban J connectivity index is 2.34. The van der Waals surface area contributed by atoms with E-state index >= 15 is 0 Å². The van der Waals surface area contributed by atoms with Crippen LogP contribution in [0.4, 0.5) is 0 Å². The smallest absolute Gasteiger partial charge is 0.239 e. The molecule has 0 aromatic heterocycles. The second-order valence-corrected chi connectivity index (χ2v) is 6.00. The Hall–Kier alpha value is -0.570. The molecule has 0 aliphatic heterocycles. The van der Waals surface area contributed by atoms with Crippen molar-refractivity contribution in [3.63, 3.8) is 0 Å². The molecule has 0 heterocycles. The van der Waals surface area contributed by atoms with Gasteiger partial charge in [-0.2, -0.15) is 0 Å². The van der Waals surface area contributed by atoms with E-state index in [1.165, 1.54) is 19.3 Å². The van der Waals surface area contributed by atoms with Gasteiger partial charge in [-0.15, -0.1) is 0 Å². The number of nitrogens with two attached hydrogens (primary N) is 1. The lowest BCUT2D eigenvalue weighted by atomic mass is 9.94. The number of rotatable bonds is 5. The van der Waals surface area contributed by atoms with Crippen LogP contribution in [0, 0.1) is 11.3 Å². The zero-order valence-electron chi connectivity index (χ0n) is 10.4. The van der Waals surface area contributed by atoms with Crippen LogP contribution in [0.5, 0.6) is 0 Å². The minimum absolute atomic E-state index is 0.0440. The molecule has 3 nitrogen and oxygen atoms in total. The van der Waals surface area contributed by atoms with E-state index in [1.54, 1.807) is 13.8 Å². The lowest BCUT2D eigenvalue weighted by molar-refractivity contribution is -0.125. The molecule has 1 amide bonds. The number of carbonyl (C=O) groups excluding carboxylic acids is 1. The van der Waals surface area contributed by atoms with E-state index < -0.39 is 5.54 Å². The molecule has 1 saturated carbocycles. The van der Waals surface area contributed by atoms with E-state index in [0.717, 1.165) is 6.54 Å². The fourth-order valence-corrected chi connectivity index (χ4v) is 1.99. The van der Waals surface area contributed by atoms with E-state index in [-0.39, 0.29) is 5.91 Å². The van der Waals surface area contributed by atoms with Gasteiger partial charge in [0.2, 0.25) is 5.91 Å². The van der Waals surface area contributed by atoms with Crippen LogP contribution in [0.1, 0.15) is 47.0 Å². The predicted octanol–water partition coefficient (Wildman–Crippen LogP) is 1.67. The standard InChI is InChI=1S/C12H24N2O/c1-9(2)7-12(5-6-12)8-14-10(15)11(3,4)13/h9H,5-8,13H2,1-4H3,(H,14,15). The Morgan fingerprint density at radius 1 is 1.47 bits per heavy atom. The number of amides is 1. The first-order chi connectivity index (χ1) is 6.75. The Morgan fingerprint density at radius 3 is 2.33 bits per heavy atom. The van der Waals surface area contributed by atoms with Gasteiger partial charge in [-0.1, -0.05) is 13.8 Å². The highest BCUT2D eigenvalue weighted by molar-refractivity contribution is 5.85. The van der Waals surface area contributed by atoms with Gasteiger partial charge in [0, 0.05) is 6.54 Å². The normalized spacial score (nSPS) is 19.1. The van der Waals surface area contributed by atoms with Gasteiger partial charge in [0.05, 0.1) is 5.54 Å². The molecule has 88 valence electrons. The van der Waals surface area contributed by atoms with Crippen LogP contribution >= 0.6 is 0 Å². The molecule has 0 aromatic carbocycles. The zero-order chi connectivity index (χ0) is 11.7. The summed E-state index contributed by atoms with van der Waals surface area (Å²) in [5.74, 6) is 0.660. The third-order valence-corrected chi connectivity index (χ3v) is 3.01. The summed E-state index contributed by atoms with van der Waals surface area (Å²) in [5.41, 5.74) is 5.35. The Morgan fingerprint density at radius 2 is 2.00 bits per heavy atom. The lowest BCUT2D eigenvalue weighted by Crippen LogP contribution is -2.50. The van der Waals surface area contributed by atoms with Crippen LogP contribution in [-0.2, 0) is 4.79 Å². The topological polar surface area (TPSA) is 55.1 Å². The minimum atomic E-state index is -0.756. The molecule has 1 aliphatic rings. The summed E-state index contributed by atoms with van der Waals surface area (Å²) in [6, 6.07) is 0. The molecular formula is C12H24N2O. The Bertz CT molecular complexity index is 236. The molecule has 0 bridgehead atoms. The first kappa shape index (κ1) is 12.5. The largest absolute Gasteiger partial charge is 0.354 e. The first-order valence-corrected chi connectivity index (χ1v) is 5.82. The number of carbonyl (C=O) groups is 1.